The highest BCUT2D eigenvalue weighted by Crippen LogP contribution is 2.17. The summed E-state index contributed by atoms with van der Waals surface area (Å²) < 4.78 is 0. The van der Waals surface area contributed by atoms with E-state index in [4.69, 9.17) is 0 Å². The number of nitrogens with one attached hydrogen (secondary N) is 4. The lowest BCUT2D eigenvalue weighted by Crippen LogP contribution is -2.48. The van der Waals surface area contributed by atoms with Crippen molar-refractivity contribution in [2.75, 3.05) is 105 Å². The summed E-state index contributed by atoms with van der Waals surface area (Å²) in [6.45, 7) is 21.3. The molecule has 0 aliphatic carbocycles. The van der Waals surface area contributed by atoms with Crippen LogP contribution in [-0.4, -0.2) is 170 Å². The van der Waals surface area contributed by atoms with Gasteiger partial charge in [0, 0.05) is 52.4 Å². The Bertz CT molecular complexity index is 1520. The first-order valence-electron chi connectivity index (χ1n) is 44.3. The van der Waals surface area contributed by atoms with Crippen LogP contribution in [0.2, 0.25) is 0 Å². The molecule has 4 amide bonds. The van der Waals surface area contributed by atoms with Crippen molar-refractivity contribution in [3.8, 4) is 0 Å². The molecule has 0 saturated carbocycles. The Morgan fingerprint density at radius 1 is 0.210 bits per heavy atom. The summed E-state index contributed by atoms with van der Waals surface area (Å²) in [5, 5.41) is 36.7. The topological polar surface area (TPSA) is 170 Å². The quantitative estimate of drug-likeness (QED) is 0.0322. The molecule has 0 aromatic heterocycles. The van der Waals surface area contributed by atoms with Crippen molar-refractivity contribution in [1.82, 2.24) is 40.9 Å². The first-order valence-corrected chi connectivity index (χ1v) is 44.3. The lowest BCUT2D eigenvalue weighted by Gasteiger charge is -2.30. The largest absolute Gasteiger partial charge is 0.390 e. The Morgan fingerprint density at radius 2 is 0.350 bits per heavy atom. The zero-order valence-electron chi connectivity index (χ0n) is 67.8. The normalized spacial score (nSPS) is 12.4. The van der Waals surface area contributed by atoms with Crippen molar-refractivity contribution in [3.05, 3.63) is 0 Å². The van der Waals surface area contributed by atoms with Crippen LogP contribution in [0.3, 0.4) is 0 Å². The summed E-state index contributed by atoms with van der Waals surface area (Å²) >= 11 is 0. The second-order valence-corrected chi connectivity index (χ2v) is 31.0. The van der Waals surface area contributed by atoms with E-state index < -0.39 is 12.2 Å². The number of aliphatic hydroxyl groups is 2. The minimum atomic E-state index is -0.738. The maximum atomic E-state index is 13.6. The van der Waals surface area contributed by atoms with E-state index >= 15 is 0 Å². The van der Waals surface area contributed by atoms with Crippen LogP contribution in [0.1, 0.15) is 414 Å². The third-order valence-corrected chi connectivity index (χ3v) is 20.6. The van der Waals surface area contributed by atoms with Gasteiger partial charge in [0.05, 0.1) is 38.4 Å². The van der Waals surface area contributed by atoms with Crippen LogP contribution >= 0.6 is 0 Å². The number of unbranched alkanes of at least 4 members (excludes halogenated alkanes) is 51. The molecular weight excluding hydrogens is 1240 g/mol. The lowest BCUT2D eigenvalue weighted by atomic mass is 10.1. The van der Waals surface area contributed by atoms with E-state index in [-0.39, 0.29) is 62.9 Å². The molecule has 2 unspecified atom stereocenters. The van der Waals surface area contributed by atoms with Gasteiger partial charge in [-0.05, 0) is 77.5 Å². The highest BCUT2D eigenvalue weighted by molar-refractivity contribution is 5.81. The van der Waals surface area contributed by atoms with Gasteiger partial charge in [0.1, 0.15) is 0 Å². The molecule has 0 saturated heterocycles. The zero-order valence-corrected chi connectivity index (χ0v) is 67.8. The van der Waals surface area contributed by atoms with Gasteiger partial charge < -0.3 is 41.3 Å². The third-order valence-electron chi connectivity index (χ3n) is 20.6. The van der Waals surface area contributed by atoms with Crippen molar-refractivity contribution < 1.29 is 29.4 Å². The molecule has 14 heteroatoms. The Morgan fingerprint density at radius 3 is 0.530 bits per heavy atom. The monoisotopic (exact) mass is 1420 g/mol. The fraction of sp³-hybridized carbons (Fsp3) is 0.953. The first kappa shape index (κ1) is 97.6. The molecule has 0 aliphatic rings. The van der Waals surface area contributed by atoms with Crippen LogP contribution in [0.25, 0.3) is 0 Å². The number of hydrogen-bond donors (Lipinski definition) is 6. The maximum Gasteiger partial charge on any atom is 0.234 e. The van der Waals surface area contributed by atoms with Crippen molar-refractivity contribution in [3.63, 3.8) is 0 Å². The number of amides is 4. The van der Waals surface area contributed by atoms with Crippen LogP contribution in [-0.2, 0) is 19.2 Å². The summed E-state index contributed by atoms with van der Waals surface area (Å²) in [5.41, 5.74) is 0. The first-order chi connectivity index (χ1) is 49.0. The SMILES string of the molecule is CCCCCCCCCCCCCCN(CCCCN(CCCCCCCCCCCCCC)CC(O)CN(CC(=O)NCCCCCCCCCC)CC(=O)NCCCCCCCCCC)CC(O)CN(CC(=O)NCCCCCCCCCC)CC(=O)NCCCCCCCCCC. The van der Waals surface area contributed by atoms with Crippen LogP contribution in [0.15, 0.2) is 0 Å². The molecule has 0 aromatic carbocycles. The molecule has 14 nitrogen and oxygen atoms in total. The summed E-state index contributed by atoms with van der Waals surface area (Å²) in [7, 11) is 0. The van der Waals surface area contributed by atoms with E-state index in [2.05, 4.69) is 72.6 Å². The molecule has 0 rings (SSSR count). The van der Waals surface area contributed by atoms with Crippen LogP contribution in [0.4, 0.5) is 0 Å². The average Bonchev–Trinajstić information content (AvgIpc) is 0.987. The fourth-order valence-electron chi connectivity index (χ4n) is 14.3. The van der Waals surface area contributed by atoms with E-state index in [1.165, 1.54) is 283 Å². The average molecular weight is 1420 g/mol. The van der Waals surface area contributed by atoms with E-state index in [1.807, 2.05) is 9.80 Å². The van der Waals surface area contributed by atoms with Gasteiger partial charge in [-0.2, -0.15) is 0 Å². The predicted molar refractivity (Wildman–Crippen MR) is 432 cm³/mol. The summed E-state index contributed by atoms with van der Waals surface area (Å²) in [4.78, 5) is 62.9. The van der Waals surface area contributed by atoms with Crippen molar-refractivity contribution in [2.45, 2.75) is 426 Å². The van der Waals surface area contributed by atoms with Gasteiger partial charge in [0.25, 0.3) is 0 Å². The van der Waals surface area contributed by atoms with Gasteiger partial charge >= 0.3 is 0 Å². The number of hydrogen-bond acceptors (Lipinski definition) is 10. The van der Waals surface area contributed by atoms with Crippen molar-refractivity contribution in [1.29, 1.82) is 0 Å². The minimum Gasteiger partial charge on any atom is -0.390 e. The molecule has 0 spiro atoms. The van der Waals surface area contributed by atoms with Crippen LogP contribution in [0, 0.1) is 0 Å². The third kappa shape index (κ3) is 72.6. The number of carbonyl (C=O) groups is 4. The molecule has 0 aliphatic heterocycles. The Kier molecular flexibility index (Phi) is 77.3. The summed E-state index contributed by atoms with van der Waals surface area (Å²) in [6.07, 6.45) is 69.8. The molecule has 0 heterocycles. The molecule has 594 valence electrons. The Labute approximate surface area is 621 Å². The Balaban J connectivity index is 6.37. The van der Waals surface area contributed by atoms with Gasteiger partial charge in [0.15, 0.2) is 0 Å². The van der Waals surface area contributed by atoms with Gasteiger partial charge in [-0.3, -0.25) is 29.0 Å². The predicted octanol–water partition coefficient (Wildman–Crippen LogP) is 20.1. The van der Waals surface area contributed by atoms with Crippen molar-refractivity contribution in [2.24, 2.45) is 0 Å². The minimum absolute atomic E-state index is 0.0791. The zero-order chi connectivity index (χ0) is 72.9. The molecule has 0 bridgehead atoms. The molecule has 0 fully saturated rings. The molecule has 0 radical (unpaired) electrons. The van der Waals surface area contributed by atoms with Gasteiger partial charge in [-0.25, -0.2) is 0 Å². The summed E-state index contributed by atoms with van der Waals surface area (Å²) in [6, 6.07) is 0. The number of nitrogens with zero attached hydrogens (tertiary/aromatic N) is 4. The van der Waals surface area contributed by atoms with E-state index in [1.54, 1.807) is 0 Å². The molecule has 0 aromatic rings. The van der Waals surface area contributed by atoms with Crippen molar-refractivity contribution >= 4 is 23.6 Å². The lowest BCUT2D eigenvalue weighted by molar-refractivity contribution is -0.127. The maximum absolute atomic E-state index is 13.6. The van der Waals surface area contributed by atoms with E-state index in [0.29, 0.717) is 39.3 Å². The van der Waals surface area contributed by atoms with Crippen LogP contribution in [0.5, 0.6) is 0 Å². The summed E-state index contributed by atoms with van der Waals surface area (Å²) in [5.74, 6) is -0.352. The number of carbonyl (C=O) groups excluding carboxylic acids is 4. The highest BCUT2D eigenvalue weighted by atomic mass is 16.3. The second-order valence-electron chi connectivity index (χ2n) is 31.0. The Hall–Kier alpha value is -2.36. The second kappa shape index (κ2) is 79.2. The van der Waals surface area contributed by atoms with Gasteiger partial charge in [-0.15, -0.1) is 0 Å². The molecular formula is C86H174N8O6. The number of aliphatic hydroxyl groups excluding tert-OH is 2. The highest BCUT2D eigenvalue weighted by Gasteiger charge is 2.23. The van der Waals surface area contributed by atoms with E-state index in [0.717, 1.165) is 116 Å². The smallest absolute Gasteiger partial charge is 0.234 e. The van der Waals surface area contributed by atoms with Gasteiger partial charge in [0.2, 0.25) is 23.6 Å². The van der Waals surface area contributed by atoms with Crippen LogP contribution < -0.4 is 21.3 Å². The molecule has 6 N–H and O–H groups in total. The number of rotatable bonds is 83. The fourth-order valence-corrected chi connectivity index (χ4v) is 14.3. The molecule has 100 heavy (non-hydrogen) atoms. The van der Waals surface area contributed by atoms with Gasteiger partial charge in [-0.1, -0.05) is 363 Å². The molecule has 2 atom stereocenters. The van der Waals surface area contributed by atoms with E-state index in [9.17, 15) is 29.4 Å². The standard InChI is InChI=1S/C86H174N8O6/c1-7-13-19-25-31-37-39-41-43-49-55-61-69-91(73-81(95)75-93(77-83(97)87-65-57-51-45-33-27-21-15-9-3)78-84(98)88-66-58-52-46-34-28-22-16-10-4)71-63-64-72-92(70-62-56-50-44-42-40-38-32-26-20-14-8-2)74-82(96)76-94(79-85(99)89-67-59-53-47-35-29-23-17-11-5)80-86(100)90-68-60-54-48-36-30-24-18-12-6/h81-82,95-96H,7-80H2,1-6H3,(H,87,97)(H,88,98)(H,89,99)(H,90,100).